The molecule has 9 rings (SSSR count). The van der Waals surface area contributed by atoms with Gasteiger partial charge >= 0.3 is 0 Å². The summed E-state index contributed by atoms with van der Waals surface area (Å²) in [5.74, 6) is 3.93. The molecule has 326 valence electrons. The molecule has 0 unspecified atom stereocenters. The Hall–Kier alpha value is -6.53. The Morgan fingerprint density at radius 3 is 1.64 bits per heavy atom. The molecule has 3 heterocycles. The molecular formula is C58H62N4O2. The van der Waals surface area contributed by atoms with Crippen LogP contribution in [0.3, 0.4) is 0 Å². The molecule has 64 heavy (non-hydrogen) atoms. The summed E-state index contributed by atoms with van der Waals surface area (Å²) >= 11 is 0. The second-order valence-electron chi connectivity index (χ2n) is 21.5. The maximum absolute atomic E-state index is 6.92. The number of anilines is 4. The zero-order valence-corrected chi connectivity index (χ0v) is 39.7. The minimum absolute atomic E-state index is 0.0161. The number of fused-ring (bicyclic) bond motifs is 4. The van der Waals surface area contributed by atoms with Crippen LogP contribution >= 0.6 is 0 Å². The Morgan fingerprint density at radius 1 is 0.438 bits per heavy atom. The van der Waals surface area contributed by atoms with E-state index in [0.29, 0.717) is 6.67 Å². The van der Waals surface area contributed by atoms with E-state index in [9.17, 15) is 0 Å². The number of rotatable bonds is 7. The van der Waals surface area contributed by atoms with E-state index in [0.717, 1.165) is 56.3 Å². The summed E-state index contributed by atoms with van der Waals surface area (Å²) in [6, 6.07) is 49.7. The molecule has 0 amide bonds. The number of hydrogen-bond donors (Lipinski definition) is 0. The zero-order valence-electron chi connectivity index (χ0n) is 39.7. The smallest absolute Gasteiger partial charge is 0.141 e. The molecule has 6 nitrogen and oxygen atoms in total. The van der Waals surface area contributed by atoms with Crippen LogP contribution < -0.4 is 19.3 Å². The number of aromatic nitrogens is 2. The topological polar surface area (TPSA) is 42.8 Å². The zero-order chi connectivity index (χ0) is 45.3. The Labute approximate surface area is 380 Å². The lowest BCUT2D eigenvalue weighted by atomic mass is 9.79. The van der Waals surface area contributed by atoms with E-state index in [4.69, 9.17) is 14.5 Å². The summed E-state index contributed by atoms with van der Waals surface area (Å²) in [4.78, 5) is 9.78. The molecule has 2 aromatic heterocycles. The second-order valence-corrected chi connectivity index (χ2v) is 21.5. The predicted molar refractivity (Wildman–Crippen MR) is 268 cm³/mol. The van der Waals surface area contributed by atoms with Crippen LogP contribution in [0, 0.1) is 0 Å². The number of para-hydroxylation sites is 4. The highest BCUT2D eigenvalue weighted by Crippen LogP contribution is 2.47. The van der Waals surface area contributed by atoms with Crippen molar-refractivity contribution in [1.82, 2.24) is 9.55 Å². The summed E-state index contributed by atoms with van der Waals surface area (Å²) in [6.07, 6.45) is 1.84. The number of ether oxygens (including phenoxy) is 2. The van der Waals surface area contributed by atoms with Crippen molar-refractivity contribution >= 4 is 44.6 Å². The van der Waals surface area contributed by atoms with Crippen molar-refractivity contribution in [3.8, 4) is 28.8 Å². The van der Waals surface area contributed by atoms with Gasteiger partial charge in [0.2, 0.25) is 0 Å². The average molecular weight is 847 g/mol. The average Bonchev–Trinajstić information content (AvgIpc) is 3.79. The molecule has 6 heteroatoms. The van der Waals surface area contributed by atoms with Gasteiger partial charge in [0.05, 0.1) is 22.4 Å². The number of benzene rings is 6. The van der Waals surface area contributed by atoms with Gasteiger partial charge in [-0.1, -0.05) is 144 Å². The van der Waals surface area contributed by atoms with E-state index in [-0.39, 0.29) is 21.7 Å². The van der Waals surface area contributed by atoms with Gasteiger partial charge in [-0.05, 0) is 93.5 Å². The Bertz CT molecular complexity index is 2980. The van der Waals surface area contributed by atoms with E-state index in [1.807, 2.05) is 18.3 Å². The lowest BCUT2D eigenvalue weighted by molar-refractivity contribution is 0.432. The highest BCUT2D eigenvalue weighted by atomic mass is 16.5. The summed E-state index contributed by atoms with van der Waals surface area (Å²) in [5.41, 5.74) is 11.5. The van der Waals surface area contributed by atoms with Crippen molar-refractivity contribution in [2.24, 2.45) is 0 Å². The fourth-order valence-electron chi connectivity index (χ4n) is 8.93. The molecule has 8 aromatic rings. The van der Waals surface area contributed by atoms with Gasteiger partial charge in [0.1, 0.15) is 35.5 Å². The monoisotopic (exact) mass is 846 g/mol. The highest BCUT2D eigenvalue weighted by Gasteiger charge is 2.31. The third-order valence-corrected chi connectivity index (χ3v) is 12.5. The van der Waals surface area contributed by atoms with Crippen LogP contribution in [0.15, 0.2) is 146 Å². The van der Waals surface area contributed by atoms with Crippen LogP contribution in [0.5, 0.6) is 23.0 Å². The molecule has 0 N–H and O–H groups in total. The van der Waals surface area contributed by atoms with Gasteiger partial charge in [0.25, 0.3) is 0 Å². The van der Waals surface area contributed by atoms with Crippen LogP contribution in [0.4, 0.5) is 22.7 Å². The van der Waals surface area contributed by atoms with Crippen LogP contribution in [-0.2, 0) is 21.7 Å². The molecule has 0 atom stereocenters. The van der Waals surface area contributed by atoms with E-state index >= 15 is 0 Å². The van der Waals surface area contributed by atoms with Gasteiger partial charge < -0.3 is 19.3 Å². The molecule has 0 saturated carbocycles. The number of pyridine rings is 1. The van der Waals surface area contributed by atoms with E-state index in [1.165, 1.54) is 39.3 Å². The lowest BCUT2D eigenvalue weighted by Crippen LogP contribution is -2.25. The fraction of sp³-hybridized carbons (Fsp3) is 0.293. The van der Waals surface area contributed by atoms with Crippen LogP contribution in [0.2, 0.25) is 0 Å². The minimum atomic E-state index is -0.108. The first-order valence-corrected chi connectivity index (χ1v) is 22.6. The minimum Gasteiger partial charge on any atom is -0.457 e. The first kappa shape index (κ1) is 42.8. The molecule has 1 aliphatic rings. The SMILES string of the molecule is CC(C)(C)c1cc(N2CN(c3cccc(Oc4ccc5c6ccccc6n(-c6cc(Oc7c(C(C)(C)C)cccc7C(C)(C)C)ccn6)c5c4)c3)c3ccccc32)cc(C(C)(C)C)c1. The van der Waals surface area contributed by atoms with Crippen LogP contribution in [-0.4, -0.2) is 16.2 Å². The van der Waals surface area contributed by atoms with E-state index in [1.54, 1.807) is 0 Å². The molecule has 6 aromatic carbocycles. The molecule has 0 radical (unpaired) electrons. The molecule has 0 spiro atoms. The first-order chi connectivity index (χ1) is 30.2. The van der Waals surface area contributed by atoms with Crippen molar-refractivity contribution < 1.29 is 9.47 Å². The Balaban J connectivity index is 1.06. The van der Waals surface area contributed by atoms with E-state index in [2.05, 4.69) is 225 Å². The van der Waals surface area contributed by atoms with Gasteiger partial charge in [-0.25, -0.2) is 4.98 Å². The molecule has 0 saturated heterocycles. The predicted octanol–water partition coefficient (Wildman–Crippen LogP) is 16.2. The third kappa shape index (κ3) is 8.11. The van der Waals surface area contributed by atoms with Gasteiger partial charge in [0, 0.05) is 57.7 Å². The summed E-state index contributed by atoms with van der Waals surface area (Å²) in [7, 11) is 0. The van der Waals surface area contributed by atoms with Crippen LogP contribution in [0.25, 0.3) is 27.6 Å². The fourth-order valence-corrected chi connectivity index (χ4v) is 8.93. The molecule has 0 bridgehead atoms. The Morgan fingerprint density at radius 2 is 1.00 bits per heavy atom. The van der Waals surface area contributed by atoms with Gasteiger partial charge in [-0.3, -0.25) is 4.57 Å². The maximum atomic E-state index is 6.92. The van der Waals surface area contributed by atoms with Crippen molar-refractivity contribution in [2.45, 2.75) is 105 Å². The van der Waals surface area contributed by atoms with Crippen molar-refractivity contribution in [2.75, 3.05) is 16.5 Å². The Kier molecular flexibility index (Phi) is 10.4. The number of nitrogens with zero attached hydrogens (tertiary/aromatic N) is 4. The molecular weight excluding hydrogens is 785 g/mol. The van der Waals surface area contributed by atoms with E-state index < -0.39 is 0 Å². The second kappa shape index (κ2) is 15.6. The summed E-state index contributed by atoms with van der Waals surface area (Å²) in [6.45, 7) is 27.9. The van der Waals surface area contributed by atoms with Crippen molar-refractivity contribution in [3.63, 3.8) is 0 Å². The first-order valence-electron chi connectivity index (χ1n) is 22.6. The third-order valence-electron chi connectivity index (χ3n) is 12.5. The van der Waals surface area contributed by atoms with Crippen LogP contribution in [0.1, 0.15) is 105 Å². The molecule has 0 fully saturated rings. The lowest BCUT2D eigenvalue weighted by Gasteiger charge is -2.29. The van der Waals surface area contributed by atoms with Crippen molar-refractivity contribution in [3.05, 3.63) is 168 Å². The van der Waals surface area contributed by atoms with Gasteiger partial charge in [-0.2, -0.15) is 0 Å². The normalized spacial score (nSPS) is 13.5. The molecule has 0 aliphatic carbocycles. The summed E-state index contributed by atoms with van der Waals surface area (Å²) < 4.78 is 15.9. The summed E-state index contributed by atoms with van der Waals surface area (Å²) in [5, 5.41) is 2.27. The van der Waals surface area contributed by atoms with Crippen molar-refractivity contribution in [1.29, 1.82) is 0 Å². The largest absolute Gasteiger partial charge is 0.457 e. The quantitative estimate of drug-likeness (QED) is 0.160. The molecule has 1 aliphatic heterocycles. The van der Waals surface area contributed by atoms with Gasteiger partial charge in [0.15, 0.2) is 0 Å². The number of hydrogen-bond acceptors (Lipinski definition) is 5. The standard InChI is InChI=1S/C58H62N4O2/c1-55(2,3)38-31-39(56(4,5)6)33-41(32-38)61-37-60(50-25-15-16-26-51(50)61)40-19-17-20-42(34-40)63-43-27-28-46-45-21-13-14-24-49(45)62(52(46)35-43)53-36-44(29-30-59-53)64-54-47(57(7,8)9)22-18-23-48(54)58(10,11)12/h13-36H,37H2,1-12H3. The maximum Gasteiger partial charge on any atom is 0.141 e. The highest BCUT2D eigenvalue weighted by molar-refractivity contribution is 6.09. The van der Waals surface area contributed by atoms with Gasteiger partial charge in [-0.15, -0.1) is 0 Å².